The summed E-state index contributed by atoms with van der Waals surface area (Å²) in [6.07, 6.45) is 5.70. The van der Waals surface area contributed by atoms with E-state index in [9.17, 15) is 8.78 Å². The Labute approximate surface area is 105 Å². The summed E-state index contributed by atoms with van der Waals surface area (Å²) < 4.78 is 27.5. The lowest BCUT2D eigenvalue weighted by Gasteiger charge is -2.21. The van der Waals surface area contributed by atoms with Gasteiger partial charge in [-0.15, -0.1) is 11.8 Å². The first-order valence-corrected chi connectivity index (χ1v) is 6.93. The number of halogens is 2. The number of nitrogens with two attached hydrogens (primary N) is 1. The van der Waals surface area contributed by atoms with E-state index in [2.05, 4.69) is 0 Å². The van der Waals surface area contributed by atoms with Crippen molar-refractivity contribution in [1.29, 1.82) is 0 Å². The zero-order valence-corrected chi connectivity index (χ0v) is 10.5. The molecule has 0 heterocycles. The maximum absolute atomic E-state index is 13.7. The molecule has 2 N–H and O–H groups in total. The van der Waals surface area contributed by atoms with Gasteiger partial charge in [0.05, 0.1) is 4.90 Å². The fourth-order valence-electron chi connectivity index (χ4n) is 2.19. The molecule has 0 unspecified atom stereocenters. The first-order valence-electron chi connectivity index (χ1n) is 6.05. The van der Waals surface area contributed by atoms with Crippen LogP contribution in [-0.4, -0.2) is 5.25 Å². The number of hydrogen-bond acceptors (Lipinski definition) is 2. The average Bonchev–Trinajstić information content (AvgIpc) is 2.35. The highest BCUT2D eigenvalue weighted by molar-refractivity contribution is 8.00. The zero-order chi connectivity index (χ0) is 12.3. The molecular weight excluding hydrogens is 240 g/mol. The summed E-state index contributed by atoms with van der Waals surface area (Å²) in [5, 5.41) is 0.358. The molecule has 0 aliphatic heterocycles. The van der Waals surface area contributed by atoms with Gasteiger partial charge < -0.3 is 5.73 Å². The van der Waals surface area contributed by atoms with Gasteiger partial charge in [-0.05, 0) is 30.5 Å². The van der Waals surface area contributed by atoms with Crippen LogP contribution in [0.25, 0.3) is 0 Å². The molecule has 2 rings (SSSR count). The van der Waals surface area contributed by atoms with Gasteiger partial charge in [-0.1, -0.05) is 19.3 Å². The summed E-state index contributed by atoms with van der Waals surface area (Å²) in [6, 6.07) is 2.68. The van der Waals surface area contributed by atoms with E-state index < -0.39 is 11.6 Å². The van der Waals surface area contributed by atoms with E-state index in [-0.39, 0.29) is 11.4 Å². The van der Waals surface area contributed by atoms with Crippen LogP contribution in [0.3, 0.4) is 0 Å². The molecule has 1 aromatic carbocycles. The van der Waals surface area contributed by atoms with Crippen LogP contribution in [0.15, 0.2) is 17.0 Å². The van der Waals surface area contributed by atoms with Gasteiger partial charge in [0, 0.05) is 11.8 Å². The highest BCUT2D eigenvalue weighted by Crippen LogP contribution is 2.36. The van der Waals surface area contributed by atoms with Crippen LogP contribution in [0, 0.1) is 11.6 Å². The largest absolute Gasteiger partial charge is 0.326 e. The van der Waals surface area contributed by atoms with E-state index >= 15 is 0 Å². The molecule has 1 nitrogen and oxygen atoms in total. The SMILES string of the molecule is NCc1cc(F)c(SC2CCCCC2)c(F)c1. The molecule has 1 saturated carbocycles. The predicted octanol–water partition coefficient (Wildman–Crippen LogP) is 3.85. The minimum atomic E-state index is -0.471. The third-order valence-corrected chi connectivity index (χ3v) is 4.56. The predicted molar refractivity (Wildman–Crippen MR) is 67.0 cm³/mol. The topological polar surface area (TPSA) is 26.0 Å². The Kier molecular flexibility index (Phi) is 4.40. The lowest BCUT2D eigenvalue weighted by atomic mass is 10.0. The molecule has 1 fully saturated rings. The normalized spacial score (nSPS) is 17.4. The van der Waals surface area contributed by atoms with Crippen LogP contribution in [-0.2, 0) is 6.54 Å². The second-order valence-corrected chi connectivity index (χ2v) is 5.78. The van der Waals surface area contributed by atoms with E-state index in [0.717, 1.165) is 12.8 Å². The maximum Gasteiger partial charge on any atom is 0.140 e. The van der Waals surface area contributed by atoms with E-state index in [4.69, 9.17) is 5.73 Å². The highest BCUT2D eigenvalue weighted by Gasteiger charge is 2.19. The van der Waals surface area contributed by atoms with Crippen molar-refractivity contribution in [1.82, 2.24) is 0 Å². The van der Waals surface area contributed by atoms with Crippen molar-refractivity contribution in [2.75, 3.05) is 0 Å². The molecule has 0 amide bonds. The Balaban J connectivity index is 2.14. The van der Waals surface area contributed by atoms with E-state index in [0.29, 0.717) is 10.8 Å². The van der Waals surface area contributed by atoms with Gasteiger partial charge in [0.1, 0.15) is 11.6 Å². The minimum Gasteiger partial charge on any atom is -0.326 e. The quantitative estimate of drug-likeness (QED) is 0.890. The van der Waals surface area contributed by atoms with Crippen molar-refractivity contribution in [3.8, 4) is 0 Å². The van der Waals surface area contributed by atoms with Crippen molar-refractivity contribution in [2.24, 2.45) is 5.73 Å². The Bertz CT molecular complexity index is 366. The first kappa shape index (κ1) is 12.8. The van der Waals surface area contributed by atoms with Gasteiger partial charge in [-0.3, -0.25) is 0 Å². The molecule has 0 spiro atoms. The van der Waals surface area contributed by atoms with Crippen LogP contribution < -0.4 is 5.73 Å². The Morgan fingerprint density at radius 1 is 1.12 bits per heavy atom. The van der Waals surface area contributed by atoms with Gasteiger partial charge in [-0.2, -0.15) is 0 Å². The summed E-state index contributed by atoms with van der Waals surface area (Å²) in [6.45, 7) is 0.169. The molecule has 1 aliphatic carbocycles. The lowest BCUT2D eigenvalue weighted by Crippen LogP contribution is -2.09. The van der Waals surface area contributed by atoms with E-state index in [1.807, 2.05) is 0 Å². The monoisotopic (exact) mass is 257 g/mol. The number of thioether (sulfide) groups is 1. The first-order chi connectivity index (χ1) is 8.20. The third-order valence-electron chi connectivity index (χ3n) is 3.13. The van der Waals surface area contributed by atoms with Crippen LogP contribution in [0.4, 0.5) is 8.78 Å². The molecule has 0 saturated heterocycles. The molecule has 0 radical (unpaired) electrons. The summed E-state index contributed by atoms with van der Waals surface area (Å²) in [4.78, 5) is 0.161. The molecule has 94 valence electrons. The minimum absolute atomic E-state index is 0.161. The van der Waals surface area contributed by atoms with Gasteiger partial charge in [-0.25, -0.2) is 8.78 Å². The van der Waals surface area contributed by atoms with Crippen molar-refractivity contribution in [2.45, 2.75) is 48.8 Å². The van der Waals surface area contributed by atoms with Crippen LogP contribution >= 0.6 is 11.8 Å². The Morgan fingerprint density at radius 2 is 1.71 bits per heavy atom. The lowest BCUT2D eigenvalue weighted by molar-refractivity contribution is 0.509. The van der Waals surface area contributed by atoms with Crippen LogP contribution in [0.5, 0.6) is 0 Å². The fourth-order valence-corrected chi connectivity index (χ4v) is 3.44. The van der Waals surface area contributed by atoms with Gasteiger partial charge in [0.2, 0.25) is 0 Å². The Morgan fingerprint density at radius 3 is 2.24 bits per heavy atom. The standard InChI is InChI=1S/C13H17F2NS/c14-11-6-9(8-16)7-12(15)13(11)17-10-4-2-1-3-5-10/h6-7,10H,1-5,8,16H2. The van der Waals surface area contributed by atoms with Crippen LogP contribution in [0.2, 0.25) is 0 Å². The van der Waals surface area contributed by atoms with Gasteiger partial charge in [0.25, 0.3) is 0 Å². The smallest absolute Gasteiger partial charge is 0.140 e. The number of benzene rings is 1. The van der Waals surface area contributed by atoms with Crippen molar-refractivity contribution in [3.05, 3.63) is 29.3 Å². The summed E-state index contributed by atoms with van der Waals surface area (Å²) >= 11 is 1.35. The number of rotatable bonds is 3. The second-order valence-electron chi connectivity index (χ2n) is 4.47. The van der Waals surface area contributed by atoms with Gasteiger partial charge >= 0.3 is 0 Å². The molecule has 4 heteroatoms. The second kappa shape index (κ2) is 5.83. The number of hydrogen-bond donors (Lipinski definition) is 1. The summed E-state index contributed by atoms with van der Waals surface area (Å²) in [7, 11) is 0. The summed E-state index contributed by atoms with van der Waals surface area (Å²) in [5.41, 5.74) is 5.89. The van der Waals surface area contributed by atoms with E-state index in [1.54, 1.807) is 0 Å². The molecule has 0 atom stereocenters. The van der Waals surface area contributed by atoms with Crippen LogP contribution in [0.1, 0.15) is 37.7 Å². The van der Waals surface area contributed by atoms with Crippen molar-refractivity contribution < 1.29 is 8.78 Å². The Hall–Kier alpha value is -0.610. The molecule has 17 heavy (non-hydrogen) atoms. The molecule has 1 aliphatic rings. The molecular formula is C13H17F2NS. The summed E-state index contributed by atoms with van der Waals surface area (Å²) in [5.74, 6) is -0.943. The van der Waals surface area contributed by atoms with Gasteiger partial charge in [0.15, 0.2) is 0 Å². The average molecular weight is 257 g/mol. The maximum atomic E-state index is 13.7. The fraction of sp³-hybridized carbons (Fsp3) is 0.538. The molecule has 0 bridgehead atoms. The highest BCUT2D eigenvalue weighted by atomic mass is 32.2. The van der Waals surface area contributed by atoms with Crippen molar-refractivity contribution >= 4 is 11.8 Å². The van der Waals surface area contributed by atoms with E-state index in [1.165, 1.54) is 43.2 Å². The zero-order valence-electron chi connectivity index (χ0n) is 9.72. The molecule has 0 aromatic heterocycles. The third kappa shape index (κ3) is 3.19. The molecule has 1 aromatic rings. The van der Waals surface area contributed by atoms with Crippen molar-refractivity contribution in [3.63, 3.8) is 0 Å².